The summed E-state index contributed by atoms with van der Waals surface area (Å²) in [4.78, 5) is 15.4. The fraction of sp³-hybridized carbons (Fsp3) is 0.312. The number of benzene rings is 1. The van der Waals surface area contributed by atoms with Gasteiger partial charge in [0, 0.05) is 0 Å². The molecule has 0 aliphatic carbocycles. The molecule has 3 rings (SSSR count). The number of carboxylic acid groups (broad SMARTS) is 1. The first kappa shape index (κ1) is 15.9. The summed E-state index contributed by atoms with van der Waals surface area (Å²) in [5.74, 6) is 0.595. The third-order valence-electron chi connectivity index (χ3n) is 3.55. The number of carbonyl (C=O) groups is 1. The Morgan fingerprint density at radius 3 is 2.75 bits per heavy atom. The minimum atomic E-state index is -1.05. The summed E-state index contributed by atoms with van der Waals surface area (Å²) >= 11 is 0. The molecule has 126 valence electrons. The maximum absolute atomic E-state index is 11.3. The fourth-order valence-electron chi connectivity index (χ4n) is 2.55. The fourth-order valence-corrected chi connectivity index (χ4v) is 2.55. The molecule has 1 aromatic carbocycles. The molecule has 1 aliphatic heterocycles. The number of aliphatic carboxylic acids is 1. The van der Waals surface area contributed by atoms with E-state index in [1.165, 1.54) is 6.33 Å². The molecule has 0 amide bonds. The second-order valence-electron chi connectivity index (χ2n) is 5.06. The van der Waals surface area contributed by atoms with Gasteiger partial charge in [-0.2, -0.15) is 10.1 Å². The molecule has 2 N–H and O–H groups in total. The average molecular weight is 330 g/mol. The highest BCUT2D eigenvalue weighted by Crippen LogP contribution is 2.34. The van der Waals surface area contributed by atoms with Crippen molar-refractivity contribution < 1.29 is 19.4 Å². The van der Waals surface area contributed by atoms with E-state index in [-0.39, 0.29) is 5.70 Å². The van der Waals surface area contributed by atoms with Crippen LogP contribution in [0.2, 0.25) is 0 Å². The summed E-state index contributed by atoms with van der Waals surface area (Å²) in [6.45, 7) is 4.83. The Labute approximate surface area is 138 Å². The first-order chi connectivity index (χ1) is 11.6. The maximum atomic E-state index is 11.3. The minimum absolute atomic E-state index is 0.0624. The molecule has 8 heteroatoms. The highest BCUT2D eigenvalue weighted by Gasteiger charge is 2.26. The number of ether oxygens (including phenoxy) is 2. The van der Waals surface area contributed by atoms with Crippen molar-refractivity contribution in [1.82, 2.24) is 14.8 Å². The van der Waals surface area contributed by atoms with Crippen LogP contribution in [0.25, 0.3) is 0 Å². The predicted octanol–water partition coefficient (Wildman–Crippen LogP) is 2.06. The van der Waals surface area contributed by atoms with Gasteiger partial charge in [-0.3, -0.25) is 0 Å². The SMILES string of the molecule is CCOc1ccc([C@@H]2C=C(C(=O)O)Nc3ncnn32)cc1OCC. The van der Waals surface area contributed by atoms with Gasteiger partial charge in [-0.05, 0) is 37.6 Å². The van der Waals surface area contributed by atoms with Gasteiger partial charge in [0.2, 0.25) is 5.95 Å². The van der Waals surface area contributed by atoms with Crippen LogP contribution in [-0.4, -0.2) is 39.1 Å². The number of hydrogen-bond acceptors (Lipinski definition) is 6. The lowest BCUT2D eigenvalue weighted by atomic mass is 10.0. The van der Waals surface area contributed by atoms with E-state index in [0.717, 1.165) is 5.56 Å². The quantitative estimate of drug-likeness (QED) is 0.836. The van der Waals surface area contributed by atoms with Crippen molar-refractivity contribution in [2.45, 2.75) is 19.9 Å². The van der Waals surface area contributed by atoms with Gasteiger partial charge < -0.3 is 19.9 Å². The predicted molar refractivity (Wildman–Crippen MR) is 86.3 cm³/mol. The standard InChI is InChI=1S/C16H18N4O4/c1-3-23-13-6-5-10(7-14(13)24-4-2)12-8-11(15(21)22)19-16-17-9-18-20(12)16/h5-9,12H,3-4H2,1-2H3,(H,21,22)(H,17,18,19)/t12-/m0/s1. The molecule has 0 bridgehead atoms. The van der Waals surface area contributed by atoms with Gasteiger partial charge in [0.1, 0.15) is 18.1 Å². The third-order valence-corrected chi connectivity index (χ3v) is 3.55. The van der Waals surface area contributed by atoms with Gasteiger partial charge in [0.25, 0.3) is 0 Å². The molecular weight excluding hydrogens is 312 g/mol. The molecule has 1 aromatic heterocycles. The first-order valence-corrected chi connectivity index (χ1v) is 7.65. The van der Waals surface area contributed by atoms with E-state index in [2.05, 4.69) is 15.4 Å². The Bertz CT molecular complexity index is 784. The van der Waals surface area contributed by atoms with E-state index < -0.39 is 12.0 Å². The van der Waals surface area contributed by atoms with Crippen LogP contribution in [0.15, 0.2) is 36.3 Å². The van der Waals surface area contributed by atoms with Gasteiger partial charge in [0.15, 0.2) is 11.5 Å². The Kier molecular flexibility index (Phi) is 4.37. The molecule has 0 saturated carbocycles. The van der Waals surface area contributed by atoms with E-state index >= 15 is 0 Å². The smallest absolute Gasteiger partial charge is 0.352 e. The van der Waals surface area contributed by atoms with Crippen molar-refractivity contribution in [1.29, 1.82) is 0 Å². The van der Waals surface area contributed by atoms with E-state index in [1.54, 1.807) is 10.8 Å². The normalized spacial score (nSPS) is 15.9. The topological polar surface area (TPSA) is 98.5 Å². The van der Waals surface area contributed by atoms with Gasteiger partial charge in [-0.25, -0.2) is 9.48 Å². The Balaban J connectivity index is 2.04. The van der Waals surface area contributed by atoms with Crippen LogP contribution in [0.3, 0.4) is 0 Å². The number of nitrogens with zero attached hydrogens (tertiary/aromatic N) is 3. The van der Waals surface area contributed by atoms with Crippen molar-refractivity contribution in [3.63, 3.8) is 0 Å². The monoisotopic (exact) mass is 330 g/mol. The Morgan fingerprint density at radius 1 is 1.29 bits per heavy atom. The highest BCUT2D eigenvalue weighted by molar-refractivity contribution is 5.90. The van der Waals surface area contributed by atoms with Crippen LogP contribution in [0.4, 0.5) is 5.95 Å². The molecule has 24 heavy (non-hydrogen) atoms. The molecule has 0 spiro atoms. The Morgan fingerprint density at radius 2 is 2.04 bits per heavy atom. The molecule has 0 fully saturated rings. The zero-order valence-electron chi connectivity index (χ0n) is 13.4. The molecule has 0 unspecified atom stereocenters. The average Bonchev–Trinajstić information content (AvgIpc) is 3.04. The largest absolute Gasteiger partial charge is 0.490 e. The second kappa shape index (κ2) is 6.61. The molecule has 2 aromatic rings. The van der Waals surface area contributed by atoms with Crippen LogP contribution in [-0.2, 0) is 4.79 Å². The number of carboxylic acids is 1. The zero-order chi connectivity index (χ0) is 17.1. The van der Waals surface area contributed by atoms with Crippen molar-refractivity contribution in [3.05, 3.63) is 41.9 Å². The molecule has 8 nitrogen and oxygen atoms in total. The van der Waals surface area contributed by atoms with Crippen LogP contribution >= 0.6 is 0 Å². The number of aromatic nitrogens is 3. The number of nitrogens with one attached hydrogen (secondary N) is 1. The van der Waals surface area contributed by atoms with E-state index in [9.17, 15) is 9.90 Å². The Hall–Kier alpha value is -3.03. The van der Waals surface area contributed by atoms with Crippen molar-refractivity contribution >= 4 is 11.9 Å². The summed E-state index contributed by atoms with van der Waals surface area (Å²) in [7, 11) is 0. The van der Waals surface area contributed by atoms with Gasteiger partial charge >= 0.3 is 5.97 Å². The maximum Gasteiger partial charge on any atom is 0.352 e. The number of fused-ring (bicyclic) bond motifs is 1. The summed E-state index contributed by atoms with van der Waals surface area (Å²) < 4.78 is 12.8. The van der Waals surface area contributed by atoms with E-state index in [0.29, 0.717) is 30.7 Å². The third kappa shape index (κ3) is 2.90. The van der Waals surface area contributed by atoms with Crippen LogP contribution < -0.4 is 14.8 Å². The summed E-state index contributed by atoms with van der Waals surface area (Å²) in [6.07, 6.45) is 2.97. The molecular formula is C16H18N4O4. The van der Waals surface area contributed by atoms with Crippen LogP contribution in [0.1, 0.15) is 25.5 Å². The van der Waals surface area contributed by atoms with Crippen LogP contribution in [0.5, 0.6) is 11.5 Å². The molecule has 2 heterocycles. The van der Waals surface area contributed by atoms with Crippen molar-refractivity contribution in [2.24, 2.45) is 0 Å². The number of rotatable bonds is 6. The molecule has 1 aliphatic rings. The lowest BCUT2D eigenvalue weighted by Crippen LogP contribution is -2.24. The number of anilines is 1. The lowest BCUT2D eigenvalue weighted by molar-refractivity contribution is -0.132. The van der Waals surface area contributed by atoms with Gasteiger partial charge in [0.05, 0.1) is 13.2 Å². The van der Waals surface area contributed by atoms with Gasteiger partial charge in [-0.15, -0.1) is 0 Å². The molecule has 1 atom stereocenters. The van der Waals surface area contributed by atoms with E-state index in [4.69, 9.17) is 9.47 Å². The molecule has 0 saturated heterocycles. The minimum Gasteiger partial charge on any atom is -0.490 e. The summed E-state index contributed by atoms with van der Waals surface area (Å²) in [5.41, 5.74) is 0.890. The number of hydrogen-bond donors (Lipinski definition) is 2. The molecule has 0 radical (unpaired) electrons. The van der Waals surface area contributed by atoms with Crippen molar-refractivity contribution in [3.8, 4) is 11.5 Å². The van der Waals surface area contributed by atoms with E-state index in [1.807, 2.05) is 32.0 Å². The second-order valence-corrected chi connectivity index (χ2v) is 5.06. The highest BCUT2D eigenvalue weighted by atomic mass is 16.5. The van der Waals surface area contributed by atoms with Gasteiger partial charge in [-0.1, -0.05) is 6.07 Å². The first-order valence-electron chi connectivity index (χ1n) is 7.65. The summed E-state index contributed by atoms with van der Waals surface area (Å²) in [6, 6.07) is 5.12. The lowest BCUT2D eigenvalue weighted by Gasteiger charge is -2.23. The zero-order valence-corrected chi connectivity index (χ0v) is 13.4. The van der Waals surface area contributed by atoms with Crippen LogP contribution in [0, 0.1) is 0 Å². The number of allylic oxidation sites excluding steroid dienone is 1. The summed E-state index contributed by atoms with van der Waals surface area (Å²) in [5, 5.41) is 16.2. The van der Waals surface area contributed by atoms with Crippen molar-refractivity contribution in [2.75, 3.05) is 18.5 Å².